The second-order valence-corrected chi connectivity index (χ2v) is 5.90. The molecule has 2 aromatic heterocycles. The minimum atomic E-state index is -0.426. The molecule has 1 fully saturated rings. The molecule has 0 aliphatic carbocycles. The van der Waals surface area contributed by atoms with E-state index in [0.717, 1.165) is 44.8 Å². The number of nitrogens with zero attached hydrogens (tertiary/aromatic N) is 5. The number of hydrogen-bond donors (Lipinski definition) is 1. The molecule has 1 aliphatic heterocycles. The fourth-order valence-corrected chi connectivity index (χ4v) is 3.03. The number of anilines is 1. The first-order valence-electron chi connectivity index (χ1n) is 7.82. The molecule has 1 aliphatic rings. The van der Waals surface area contributed by atoms with E-state index >= 15 is 0 Å². The average molecular weight is 314 g/mol. The summed E-state index contributed by atoms with van der Waals surface area (Å²) < 4.78 is 1.83. The molecule has 2 N–H and O–H groups in total. The normalized spacial score (nSPS) is 16.3. The Morgan fingerprint density at radius 1 is 1.26 bits per heavy atom. The number of hydrogen-bond acceptors (Lipinski definition) is 5. The van der Waals surface area contributed by atoms with Gasteiger partial charge in [-0.2, -0.15) is 5.10 Å². The second-order valence-electron chi connectivity index (χ2n) is 5.90. The number of nitrogens with two attached hydrogens (primary N) is 1. The maximum atomic E-state index is 11.6. The van der Waals surface area contributed by atoms with Crippen LogP contribution < -0.4 is 10.6 Å². The smallest absolute Gasteiger partial charge is 0.252 e. The van der Waals surface area contributed by atoms with Gasteiger partial charge in [0, 0.05) is 63.9 Å². The van der Waals surface area contributed by atoms with E-state index in [1.807, 2.05) is 24.0 Å². The summed E-state index contributed by atoms with van der Waals surface area (Å²) in [4.78, 5) is 20.3. The number of aromatic nitrogens is 3. The lowest BCUT2D eigenvalue weighted by Gasteiger charge is -2.24. The molecule has 0 unspecified atom stereocenters. The van der Waals surface area contributed by atoms with E-state index in [2.05, 4.69) is 26.1 Å². The van der Waals surface area contributed by atoms with Crippen LogP contribution in [0.2, 0.25) is 0 Å². The Labute approximate surface area is 135 Å². The number of aryl methyl sites for hydroxylation is 1. The summed E-state index contributed by atoms with van der Waals surface area (Å²) in [6, 6.07) is 1.87. The molecular weight excluding hydrogens is 292 g/mol. The Hall–Kier alpha value is -2.41. The molecule has 122 valence electrons. The Kier molecular flexibility index (Phi) is 4.57. The van der Waals surface area contributed by atoms with E-state index in [1.165, 1.54) is 5.56 Å². The van der Waals surface area contributed by atoms with Crippen LogP contribution in [-0.2, 0) is 13.6 Å². The molecule has 3 rings (SSSR count). The van der Waals surface area contributed by atoms with Gasteiger partial charge in [-0.25, -0.2) is 0 Å². The van der Waals surface area contributed by atoms with Gasteiger partial charge >= 0.3 is 0 Å². The van der Waals surface area contributed by atoms with E-state index in [-0.39, 0.29) is 0 Å². The topological polar surface area (TPSA) is 80.3 Å². The highest BCUT2D eigenvalue weighted by atomic mass is 16.1. The molecule has 0 saturated carbocycles. The molecule has 0 radical (unpaired) electrons. The van der Waals surface area contributed by atoms with Crippen LogP contribution in [0.5, 0.6) is 0 Å². The zero-order valence-corrected chi connectivity index (χ0v) is 13.4. The molecule has 0 atom stereocenters. The van der Waals surface area contributed by atoms with E-state index < -0.39 is 5.91 Å². The van der Waals surface area contributed by atoms with Gasteiger partial charge in [-0.05, 0) is 12.5 Å². The maximum Gasteiger partial charge on any atom is 0.252 e. The van der Waals surface area contributed by atoms with Gasteiger partial charge in [0.05, 0.1) is 17.4 Å². The van der Waals surface area contributed by atoms with Crippen LogP contribution in [0.15, 0.2) is 30.9 Å². The van der Waals surface area contributed by atoms with Crippen molar-refractivity contribution < 1.29 is 4.79 Å². The molecular formula is C16H22N6O. The third-order valence-corrected chi connectivity index (χ3v) is 4.16. The second kappa shape index (κ2) is 6.78. The Morgan fingerprint density at radius 3 is 2.87 bits per heavy atom. The van der Waals surface area contributed by atoms with Gasteiger partial charge < -0.3 is 10.6 Å². The quantitative estimate of drug-likeness (QED) is 0.895. The predicted molar refractivity (Wildman–Crippen MR) is 88.1 cm³/mol. The molecule has 0 aromatic carbocycles. The lowest BCUT2D eigenvalue weighted by atomic mass is 10.2. The lowest BCUT2D eigenvalue weighted by molar-refractivity contribution is 0.100. The Bertz CT molecular complexity index is 683. The van der Waals surface area contributed by atoms with Gasteiger partial charge in [0.2, 0.25) is 0 Å². The van der Waals surface area contributed by atoms with Gasteiger partial charge in [0.1, 0.15) is 0 Å². The summed E-state index contributed by atoms with van der Waals surface area (Å²) in [5, 5.41) is 4.22. The predicted octanol–water partition coefficient (Wildman–Crippen LogP) is 0.626. The molecule has 1 amide bonds. The van der Waals surface area contributed by atoms with E-state index in [0.29, 0.717) is 5.56 Å². The van der Waals surface area contributed by atoms with E-state index in [4.69, 9.17) is 5.73 Å². The summed E-state index contributed by atoms with van der Waals surface area (Å²) in [7, 11) is 1.93. The Morgan fingerprint density at radius 2 is 2.13 bits per heavy atom. The van der Waals surface area contributed by atoms with Crippen LogP contribution in [0.25, 0.3) is 0 Å². The van der Waals surface area contributed by atoms with Gasteiger partial charge in [-0.15, -0.1) is 0 Å². The summed E-state index contributed by atoms with van der Waals surface area (Å²) in [5.41, 5.74) is 8.07. The number of carbonyl (C=O) groups excluding carboxylic acids is 1. The van der Waals surface area contributed by atoms with Crippen LogP contribution in [0.4, 0.5) is 5.69 Å². The van der Waals surface area contributed by atoms with Crippen molar-refractivity contribution >= 4 is 11.6 Å². The third-order valence-electron chi connectivity index (χ3n) is 4.16. The minimum Gasteiger partial charge on any atom is -0.369 e. The average Bonchev–Trinajstić information content (AvgIpc) is 2.81. The lowest BCUT2D eigenvalue weighted by Crippen LogP contribution is -2.31. The molecule has 2 aromatic rings. The zero-order valence-electron chi connectivity index (χ0n) is 13.4. The molecule has 0 bridgehead atoms. The molecule has 23 heavy (non-hydrogen) atoms. The molecule has 1 saturated heterocycles. The third kappa shape index (κ3) is 3.68. The van der Waals surface area contributed by atoms with Gasteiger partial charge in [-0.3, -0.25) is 19.4 Å². The fraction of sp³-hybridized carbons (Fsp3) is 0.438. The van der Waals surface area contributed by atoms with Crippen molar-refractivity contribution in [2.45, 2.75) is 13.0 Å². The minimum absolute atomic E-state index is 0.426. The highest BCUT2D eigenvalue weighted by molar-refractivity contribution is 5.98. The molecule has 3 heterocycles. The fourth-order valence-electron chi connectivity index (χ4n) is 3.03. The Balaban J connectivity index is 1.68. The number of primary amides is 1. The zero-order chi connectivity index (χ0) is 16.2. The van der Waals surface area contributed by atoms with Crippen molar-refractivity contribution in [3.8, 4) is 0 Å². The number of amides is 1. The van der Waals surface area contributed by atoms with Crippen LogP contribution in [0, 0.1) is 0 Å². The van der Waals surface area contributed by atoms with Crippen molar-refractivity contribution in [2.75, 3.05) is 31.1 Å². The van der Waals surface area contributed by atoms with Gasteiger partial charge in [0.25, 0.3) is 5.91 Å². The van der Waals surface area contributed by atoms with Crippen molar-refractivity contribution in [1.82, 2.24) is 19.7 Å². The highest BCUT2D eigenvalue weighted by Crippen LogP contribution is 2.21. The van der Waals surface area contributed by atoms with Crippen LogP contribution in [-0.4, -0.2) is 51.8 Å². The van der Waals surface area contributed by atoms with E-state index in [1.54, 1.807) is 12.4 Å². The van der Waals surface area contributed by atoms with Crippen molar-refractivity contribution in [1.29, 1.82) is 0 Å². The largest absolute Gasteiger partial charge is 0.369 e. The molecule has 0 spiro atoms. The number of carbonyl (C=O) groups is 1. The summed E-state index contributed by atoms with van der Waals surface area (Å²) in [6.45, 7) is 4.65. The van der Waals surface area contributed by atoms with Crippen LogP contribution in [0.1, 0.15) is 22.3 Å². The van der Waals surface area contributed by atoms with Gasteiger partial charge in [0.15, 0.2) is 0 Å². The number of rotatable bonds is 4. The van der Waals surface area contributed by atoms with Crippen molar-refractivity contribution in [3.05, 3.63) is 42.0 Å². The SMILES string of the molecule is Cn1cc(CN2CCCN(c3ccncc3C(N)=O)CC2)cn1. The van der Waals surface area contributed by atoms with Crippen LogP contribution in [0.3, 0.4) is 0 Å². The summed E-state index contributed by atoms with van der Waals surface area (Å²) >= 11 is 0. The molecule has 7 nitrogen and oxygen atoms in total. The number of pyridine rings is 1. The standard InChI is InChI=1S/C16H22N6O/c1-20-11-13(9-19-20)12-21-5-2-6-22(8-7-21)15-3-4-18-10-14(15)16(17)23/h3-4,9-11H,2,5-8,12H2,1H3,(H2,17,23). The monoisotopic (exact) mass is 314 g/mol. The molecule has 7 heteroatoms. The van der Waals surface area contributed by atoms with Crippen molar-refractivity contribution in [2.24, 2.45) is 12.8 Å². The van der Waals surface area contributed by atoms with Gasteiger partial charge in [-0.1, -0.05) is 0 Å². The highest BCUT2D eigenvalue weighted by Gasteiger charge is 2.19. The summed E-state index contributed by atoms with van der Waals surface area (Å²) in [6.07, 6.45) is 8.27. The maximum absolute atomic E-state index is 11.6. The first-order chi connectivity index (χ1) is 11.1. The van der Waals surface area contributed by atoms with E-state index in [9.17, 15) is 4.79 Å². The first-order valence-corrected chi connectivity index (χ1v) is 7.82. The first kappa shape index (κ1) is 15.5. The van der Waals surface area contributed by atoms with Crippen LogP contribution >= 0.6 is 0 Å². The van der Waals surface area contributed by atoms with Crippen molar-refractivity contribution in [3.63, 3.8) is 0 Å². The summed E-state index contributed by atoms with van der Waals surface area (Å²) in [5.74, 6) is -0.426.